The first-order chi connectivity index (χ1) is 7.19. The standard InChI is InChI=1S/C12H16N2S/c1-8(7-13)5-10-3-4-12-11(6-10)14-9(2)15-12/h3-4,6,8H,5,7,13H2,1-2H3. The van der Waals surface area contributed by atoms with Crippen LogP contribution in [0.15, 0.2) is 18.2 Å². The van der Waals surface area contributed by atoms with Crippen molar-refractivity contribution in [3.05, 3.63) is 28.8 Å². The Morgan fingerprint density at radius 3 is 3.00 bits per heavy atom. The number of rotatable bonds is 3. The van der Waals surface area contributed by atoms with E-state index >= 15 is 0 Å². The number of hydrogen-bond donors (Lipinski definition) is 1. The van der Waals surface area contributed by atoms with Gasteiger partial charge < -0.3 is 5.73 Å². The highest BCUT2D eigenvalue weighted by Gasteiger charge is 2.04. The molecule has 0 spiro atoms. The lowest BCUT2D eigenvalue weighted by atomic mass is 10.0. The lowest BCUT2D eigenvalue weighted by molar-refractivity contribution is 0.593. The second kappa shape index (κ2) is 4.29. The van der Waals surface area contributed by atoms with Crippen molar-refractivity contribution in [2.75, 3.05) is 6.54 Å². The third-order valence-electron chi connectivity index (χ3n) is 2.55. The normalized spacial score (nSPS) is 13.3. The molecule has 1 unspecified atom stereocenters. The molecule has 2 N–H and O–H groups in total. The van der Waals surface area contributed by atoms with Crippen molar-refractivity contribution < 1.29 is 0 Å². The minimum Gasteiger partial charge on any atom is -0.330 e. The second-order valence-corrected chi connectivity index (χ2v) is 5.31. The van der Waals surface area contributed by atoms with E-state index in [4.69, 9.17) is 5.73 Å². The van der Waals surface area contributed by atoms with E-state index < -0.39 is 0 Å². The molecule has 80 valence electrons. The van der Waals surface area contributed by atoms with E-state index in [9.17, 15) is 0 Å². The molecule has 0 bridgehead atoms. The summed E-state index contributed by atoms with van der Waals surface area (Å²) in [6.07, 6.45) is 1.04. The summed E-state index contributed by atoms with van der Waals surface area (Å²) >= 11 is 1.75. The van der Waals surface area contributed by atoms with E-state index in [1.807, 2.05) is 6.92 Å². The summed E-state index contributed by atoms with van der Waals surface area (Å²) in [6, 6.07) is 6.54. The van der Waals surface area contributed by atoms with Crippen molar-refractivity contribution in [2.45, 2.75) is 20.3 Å². The van der Waals surface area contributed by atoms with Crippen molar-refractivity contribution in [3.8, 4) is 0 Å². The second-order valence-electron chi connectivity index (χ2n) is 4.08. The van der Waals surface area contributed by atoms with E-state index in [-0.39, 0.29) is 0 Å². The predicted octanol–water partition coefficient (Wildman–Crippen LogP) is 2.74. The van der Waals surface area contributed by atoms with Crippen molar-refractivity contribution in [3.63, 3.8) is 0 Å². The number of aryl methyl sites for hydroxylation is 1. The van der Waals surface area contributed by atoms with Gasteiger partial charge in [-0.2, -0.15) is 0 Å². The SMILES string of the molecule is Cc1nc2cc(CC(C)CN)ccc2s1. The molecular formula is C12H16N2S. The first kappa shape index (κ1) is 10.6. The zero-order valence-corrected chi connectivity index (χ0v) is 9.97. The lowest BCUT2D eigenvalue weighted by Crippen LogP contribution is -2.12. The maximum Gasteiger partial charge on any atom is 0.0907 e. The number of nitrogens with two attached hydrogens (primary N) is 1. The zero-order chi connectivity index (χ0) is 10.8. The first-order valence-corrected chi connectivity index (χ1v) is 6.07. The molecule has 0 aliphatic heterocycles. The summed E-state index contributed by atoms with van der Waals surface area (Å²) in [5.74, 6) is 0.544. The number of nitrogens with zero attached hydrogens (tertiary/aromatic N) is 1. The average molecular weight is 220 g/mol. The molecule has 0 fully saturated rings. The van der Waals surface area contributed by atoms with Crippen LogP contribution in [0, 0.1) is 12.8 Å². The number of hydrogen-bond acceptors (Lipinski definition) is 3. The highest BCUT2D eigenvalue weighted by molar-refractivity contribution is 7.18. The summed E-state index contributed by atoms with van der Waals surface area (Å²) in [5, 5.41) is 1.13. The Morgan fingerprint density at radius 2 is 2.27 bits per heavy atom. The van der Waals surface area contributed by atoms with Gasteiger partial charge in [0.05, 0.1) is 15.2 Å². The zero-order valence-electron chi connectivity index (χ0n) is 9.16. The summed E-state index contributed by atoms with van der Waals surface area (Å²) in [6.45, 7) is 4.97. The Labute approximate surface area is 94.1 Å². The van der Waals surface area contributed by atoms with Crippen molar-refractivity contribution >= 4 is 21.6 Å². The fraction of sp³-hybridized carbons (Fsp3) is 0.417. The maximum absolute atomic E-state index is 5.62. The Hall–Kier alpha value is -0.930. The molecule has 1 heterocycles. The molecule has 3 heteroatoms. The van der Waals surface area contributed by atoms with Gasteiger partial charge in [0.1, 0.15) is 0 Å². The van der Waals surface area contributed by atoms with Crippen LogP contribution in [0.2, 0.25) is 0 Å². The number of aromatic nitrogens is 1. The van der Waals surface area contributed by atoms with Crippen LogP contribution >= 0.6 is 11.3 Å². The van der Waals surface area contributed by atoms with Gasteiger partial charge >= 0.3 is 0 Å². The van der Waals surface area contributed by atoms with Gasteiger partial charge in [0.15, 0.2) is 0 Å². The summed E-state index contributed by atoms with van der Waals surface area (Å²) in [7, 11) is 0. The fourth-order valence-electron chi connectivity index (χ4n) is 1.70. The van der Waals surface area contributed by atoms with E-state index in [1.54, 1.807) is 11.3 Å². The van der Waals surface area contributed by atoms with Crippen LogP contribution in [0.1, 0.15) is 17.5 Å². The summed E-state index contributed by atoms with van der Waals surface area (Å²) in [4.78, 5) is 4.49. The highest BCUT2D eigenvalue weighted by atomic mass is 32.1. The smallest absolute Gasteiger partial charge is 0.0907 e. The van der Waals surface area contributed by atoms with Crippen LogP contribution in [-0.2, 0) is 6.42 Å². The predicted molar refractivity (Wildman–Crippen MR) is 66.3 cm³/mol. The van der Waals surface area contributed by atoms with Gasteiger partial charge in [-0.25, -0.2) is 4.98 Å². The van der Waals surface area contributed by atoms with Gasteiger partial charge in [-0.15, -0.1) is 11.3 Å². The van der Waals surface area contributed by atoms with E-state index in [0.717, 1.165) is 23.5 Å². The molecule has 0 saturated carbocycles. The molecular weight excluding hydrogens is 204 g/mol. The molecule has 2 nitrogen and oxygen atoms in total. The molecule has 0 saturated heterocycles. The minimum absolute atomic E-state index is 0.544. The van der Waals surface area contributed by atoms with Gasteiger partial charge in [-0.05, 0) is 43.5 Å². The van der Waals surface area contributed by atoms with Crippen LogP contribution in [0.3, 0.4) is 0 Å². The third-order valence-corrected chi connectivity index (χ3v) is 3.50. The molecule has 0 amide bonds. The van der Waals surface area contributed by atoms with Crippen LogP contribution in [0.25, 0.3) is 10.2 Å². The van der Waals surface area contributed by atoms with Crippen LogP contribution in [0.4, 0.5) is 0 Å². The third kappa shape index (κ3) is 2.36. The van der Waals surface area contributed by atoms with Crippen molar-refractivity contribution in [1.82, 2.24) is 4.98 Å². The van der Waals surface area contributed by atoms with Gasteiger partial charge in [0.2, 0.25) is 0 Å². The molecule has 0 radical (unpaired) electrons. The fourth-order valence-corrected chi connectivity index (χ4v) is 2.51. The van der Waals surface area contributed by atoms with Crippen molar-refractivity contribution in [2.24, 2.45) is 11.7 Å². The van der Waals surface area contributed by atoms with E-state index in [2.05, 4.69) is 30.1 Å². The largest absolute Gasteiger partial charge is 0.330 e. The van der Waals surface area contributed by atoms with Crippen molar-refractivity contribution in [1.29, 1.82) is 0 Å². The number of fused-ring (bicyclic) bond motifs is 1. The Morgan fingerprint density at radius 1 is 1.47 bits per heavy atom. The van der Waals surface area contributed by atoms with Gasteiger partial charge in [-0.1, -0.05) is 13.0 Å². The van der Waals surface area contributed by atoms with Gasteiger partial charge in [0.25, 0.3) is 0 Å². The Balaban J connectivity index is 2.30. The van der Waals surface area contributed by atoms with E-state index in [0.29, 0.717) is 5.92 Å². The maximum atomic E-state index is 5.62. The monoisotopic (exact) mass is 220 g/mol. The molecule has 1 aromatic carbocycles. The van der Waals surface area contributed by atoms with E-state index in [1.165, 1.54) is 10.3 Å². The molecule has 15 heavy (non-hydrogen) atoms. The lowest BCUT2D eigenvalue weighted by Gasteiger charge is -2.07. The van der Waals surface area contributed by atoms with Crippen LogP contribution in [0.5, 0.6) is 0 Å². The molecule has 2 rings (SSSR count). The summed E-state index contributed by atoms with van der Waals surface area (Å²) < 4.78 is 1.27. The van der Waals surface area contributed by atoms with Crippen LogP contribution < -0.4 is 5.73 Å². The number of benzene rings is 1. The molecule has 2 aromatic rings. The van der Waals surface area contributed by atoms with Crippen LogP contribution in [-0.4, -0.2) is 11.5 Å². The minimum atomic E-state index is 0.544. The Kier molecular flexibility index (Phi) is 3.03. The first-order valence-electron chi connectivity index (χ1n) is 5.25. The molecule has 1 atom stereocenters. The summed E-state index contributed by atoms with van der Waals surface area (Å²) in [5.41, 5.74) is 8.09. The quantitative estimate of drug-likeness (QED) is 0.863. The molecule has 0 aliphatic carbocycles. The number of thiazole rings is 1. The molecule has 0 aliphatic rings. The van der Waals surface area contributed by atoms with Gasteiger partial charge in [-0.3, -0.25) is 0 Å². The topological polar surface area (TPSA) is 38.9 Å². The van der Waals surface area contributed by atoms with Gasteiger partial charge in [0, 0.05) is 0 Å². The highest BCUT2D eigenvalue weighted by Crippen LogP contribution is 2.23. The Bertz CT molecular complexity index is 462. The average Bonchev–Trinajstić information content (AvgIpc) is 2.57. The molecule has 1 aromatic heterocycles.